The van der Waals surface area contributed by atoms with Gasteiger partial charge in [0.1, 0.15) is 5.15 Å². The fraction of sp³-hybridized carbons (Fsp3) is 0.250. The summed E-state index contributed by atoms with van der Waals surface area (Å²) in [5.74, 6) is 0. The molecule has 1 N–H and O–H groups in total. The molecule has 0 saturated heterocycles. The van der Waals surface area contributed by atoms with E-state index in [1.165, 1.54) is 25.3 Å². The predicted octanol–water partition coefficient (Wildman–Crippen LogP) is 1.39. The van der Waals surface area contributed by atoms with Crippen molar-refractivity contribution in [1.82, 2.24) is 4.98 Å². The van der Waals surface area contributed by atoms with Crippen LogP contribution in [0.4, 0.5) is 5.69 Å². The first-order valence-electron chi connectivity index (χ1n) is 3.98. The Morgan fingerprint density at radius 1 is 1.67 bits per heavy atom. The molecule has 1 heterocycles. The Hall–Kier alpha value is -1.32. The Morgan fingerprint density at radius 2 is 2.33 bits per heavy atom. The lowest BCUT2D eigenvalue weighted by Crippen LogP contribution is -2.23. The van der Waals surface area contributed by atoms with Crippen molar-refractivity contribution in [3.63, 3.8) is 0 Å². The van der Waals surface area contributed by atoms with E-state index in [0.717, 1.165) is 0 Å². The van der Waals surface area contributed by atoms with Crippen LogP contribution in [0.2, 0.25) is 5.15 Å². The molecule has 15 heavy (non-hydrogen) atoms. The molecule has 0 fully saturated rings. The van der Waals surface area contributed by atoms with Crippen LogP contribution in [-0.4, -0.2) is 18.7 Å². The number of pyridine rings is 1. The number of hydrogen-bond acceptors (Lipinski definition) is 4. The smallest absolute Gasteiger partial charge is 0.248 e. The molecule has 0 amide bonds. The fourth-order valence-electron chi connectivity index (χ4n) is 0.788. The van der Waals surface area contributed by atoms with Gasteiger partial charge in [0.15, 0.2) is 5.25 Å². The summed E-state index contributed by atoms with van der Waals surface area (Å²) in [6.45, 7) is 1.30. The van der Waals surface area contributed by atoms with Gasteiger partial charge in [-0.05, 0) is 19.1 Å². The molecule has 0 aliphatic heterocycles. The summed E-state index contributed by atoms with van der Waals surface area (Å²) in [6.07, 6.45) is 1.37. The minimum Gasteiger partial charge on any atom is -0.282 e. The second-order valence-electron chi connectivity index (χ2n) is 2.79. The predicted molar refractivity (Wildman–Crippen MR) is 56.9 cm³/mol. The average Bonchev–Trinajstić information content (AvgIpc) is 2.15. The summed E-state index contributed by atoms with van der Waals surface area (Å²) in [6, 6.07) is 4.46. The highest BCUT2D eigenvalue weighted by Gasteiger charge is 2.19. The molecule has 1 aromatic heterocycles. The lowest BCUT2D eigenvalue weighted by Gasteiger charge is -2.08. The minimum atomic E-state index is -3.68. The van der Waals surface area contributed by atoms with Crippen molar-refractivity contribution in [2.45, 2.75) is 12.2 Å². The normalized spacial score (nSPS) is 12.9. The zero-order chi connectivity index (χ0) is 11.5. The Balaban J connectivity index is 2.93. The first-order chi connectivity index (χ1) is 6.95. The summed E-state index contributed by atoms with van der Waals surface area (Å²) in [4.78, 5) is 3.70. The molecular weight excluding hydrogens is 238 g/mol. The lowest BCUT2D eigenvalue weighted by molar-refractivity contribution is 0.597. The molecule has 0 aliphatic rings. The third-order valence-electron chi connectivity index (χ3n) is 1.63. The van der Waals surface area contributed by atoms with E-state index in [-0.39, 0.29) is 10.8 Å². The largest absolute Gasteiger partial charge is 0.282 e. The van der Waals surface area contributed by atoms with Crippen molar-refractivity contribution >= 4 is 27.3 Å². The number of nitriles is 1. The quantitative estimate of drug-likeness (QED) is 0.816. The van der Waals surface area contributed by atoms with Crippen LogP contribution in [0.5, 0.6) is 0 Å². The average molecular weight is 246 g/mol. The summed E-state index contributed by atoms with van der Waals surface area (Å²) in [5.41, 5.74) is 0.289. The van der Waals surface area contributed by atoms with Crippen LogP contribution >= 0.6 is 11.6 Å². The standard InChI is InChI=1S/C8H8ClN3O2S/c1-6(5-10)15(13,14)12-7-2-3-11-8(9)4-7/h2-4,6H,1H3,(H,11,12). The van der Waals surface area contributed by atoms with Crippen LogP contribution in [0, 0.1) is 11.3 Å². The summed E-state index contributed by atoms with van der Waals surface area (Å²) in [5, 5.41) is 7.55. The molecule has 0 aliphatic carbocycles. The molecule has 5 nitrogen and oxygen atoms in total. The number of anilines is 1. The van der Waals surface area contributed by atoms with E-state index in [1.807, 2.05) is 0 Å². The van der Waals surface area contributed by atoms with Gasteiger partial charge in [-0.15, -0.1) is 0 Å². The fourth-order valence-corrected chi connectivity index (χ4v) is 1.73. The number of aromatic nitrogens is 1. The maximum absolute atomic E-state index is 11.4. The Kier molecular flexibility index (Phi) is 3.50. The van der Waals surface area contributed by atoms with Crippen molar-refractivity contribution in [2.24, 2.45) is 0 Å². The number of nitrogens with one attached hydrogen (secondary N) is 1. The van der Waals surface area contributed by atoms with Crippen molar-refractivity contribution in [3.05, 3.63) is 23.5 Å². The lowest BCUT2D eigenvalue weighted by atomic mass is 10.4. The Labute approximate surface area is 92.8 Å². The number of nitrogens with zero attached hydrogens (tertiary/aromatic N) is 2. The molecule has 1 aromatic rings. The maximum atomic E-state index is 11.4. The Bertz CT molecular complexity index is 495. The highest BCUT2D eigenvalue weighted by molar-refractivity contribution is 7.93. The van der Waals surface area contributed by atoms with Gasteiger partial charge >= 0.3 is 0 Å². The summed E-state index contributed by atoms with van der Waals surface area (Å²) < 4.78 is 25.1. The van der Waals surface area contributed by atoms with Crippen LogP contribution in [0.3, 0.4) is 0 Å². The first-order valence-corrected chi connectivity index (χ1v) is 5.91. The van der Waals surface area contributed by atoms with Crippen molar-refractivity contribution in [3.8, 4) is 6.07 Å². The van der Waals surface area contributed by atoms with E-state index in [9.17, 15) is 8.42 Å². The maximum Gasteiger partial charge on any atom is 0.248 e. The molecule has 1 unspecified atom stereocenters. The third-order valence-corrected chi connectivity index (χ3v) is 3.40. The van der Waals surface area contributed by atoms with Crippen molar-refractivity contribution in [1.29, 1.82) is 5.26 Å². The van der Waals surface area contributed by atoms with Gasteiger partial charge in [-0.3, -0.25) is 4.72 Å². The SMILES string of the molecule is CC(C#N)S(=O)(=O)Nc1ccnc(Cl)c1. The van der Waals surface area contributed by atoms with E-state index in [4.69, 9.17) is 16.9 Å². The van der Waals surface area contributed by atoms with Crippen LogP contribution in [0.1, 0.15) is 6.92 Å². The van der Waals surface area contributed by atoms with Crippen molar-refractivity contribution < 1.29 is 8.42 Å². The van der Waals surface area contributed by atoms with Crippen LogP contribution < -0.4 is 4.72 Å². The van der Waals surface area contributed by atoms with Gasteiger partial charge in [-0.25, -0.2) is 13.4 Å². The molecule has 7 heteroatoms. The second kappa shape index (κ2) is 4.47. The van der Waals surface area contributed by atoms with Gasteiger partial charge in [-0.1, -0.05) is 11.6 Å². The molecule has 0 spiro atoms. The van der Waals surface area contributed by atoms with Gasteiger partial charge in [0.2, 0.25) is 10.0 Å². The van der Waals surface area contributed by atoms with Crippen molar-refractivity contribution in [2.75, 3.05) is 4.72 Å². The zero-order valence-corrected chi connectivity index (χ0v) is 9.38. The first kappa shape index (κ1) is 11.8. The van der Waals surface area contributed by atoms with E-state index in [1.54, 1.807) is 6.07 Å². The Morgan fingerprint density at radius 3 is 2.87 bits per heavy atom. The van der Waals surface area contributed by atoms with Crippen LogP contribution in [0.15, 0.2) is 18.3 Å². The molecule has 1 atom stereocenters. The van der Waals surface area contributed by atoms with Gasteiger partial charge in [0.25, 0.3) is 0 Å². The highest BCUT2D eigenvalue weighted by atomic mass is 35.5. The highest BCUT2D eigenvalue weighted by Crippen LogP contribution is 2.14. The number of rotatable bonds is 3. The third kappa shape index (κ3) is 3.08. The van der Waals surface area contributed by atoms with Gasteiger partial charge in [-0.2, -0.15) is 5.26 Å². The second-order valence-corrected chi connectivity index (χ2v) is 5.17. The molecule has 1 rings (SSSR count). The topological polar surface area (TPSA) is 82.8 Å². The van der Waals surface area contributed by atoms with E-state index < -0.39 is 15.3 Å². The molecule has 0 aromatic carbocycles. The molecule has 80 valence electrons. The van der Waals surface area contributed by atoms with Crippen LogP contribution in [-0.2, 0) is 10.0 Å². The summed E-state index contributed by atoms with van der Waals surface area (Å²) in [7, 11) is -3.68. The summed E-state index contributed by atoms with van der Waals surface area (Å²) >= 11 is 5.58. The van der Waals surface area contributed by atoms with E-state index in [2.05, 4.69) is 9.71 Å². The molecule has 0 bridgehead atoms. The van der Waals surface area contributed by atoms with Crippen LogP contribution in [0.25, 0.3) is 0 Å². The monoisotopic (exact) mass is 245 g/mol. The van der Waals surface area contributed by atoms with E-state index in [0.29, 0.717) is 0 Å². The molecular formula is C8H8ClN3O2S. The molecule has 0 saturated carbocycles. The number of halogens is 1. The number of hydrogen-bond donors (Lipinski definition) is 1. The van der Waals surface area contributed by atoms with Gasteiger partial charge in [0.05, 0.1) is 11.8 Å². The minimum absolute atomic E-state index is 0.180. The van der Waals surface area contributed by atoms with Gasteiger partial charge in [0, 0.05) is 6.20 Å². The van der Waals surface area contributed by atoms with Gasteiger partial charge < -0.3 is 0 Å². The van der Waals surface area contributed by atoms with E-state index >= 15 is 0 Å². The zero-order valence-electron chi connectivity index (χ0n) is 7.81. The number of sulfonamides is 1. The molecule has 0 radical (unpaired) electrons.